The summed E-state index contributed by atoms with van der Waals surface area (Å²) in [7, 11) is 0. The molecule has 1 amide bonds. The summed E-state index contributed by atoms with van der Waals surface area (Å²) < 4.78 is 12.4. The van der Waals surface area contributed by atoms with Gasteiger partial charge in [0.2, 0.25) is 0 Å². The van der Waals surface area contributed by atoms with E-state index in [1.807, 2.05) is 32.3 Å². The summed E-state index contributed by atoms with van der Waals surface area (Å²) in [5, 5.41) is 0. The number of ether oxygens (including phenoxy) is 2. The summed E-state index contributed by atoms with van der Waals surface area (Å²) in [5.41, 5.74) is 0.440. The lowest BCUT2D eigenvalue weighted by Crippen LogP contribution is -2.42. The van der Waals surface area contributed by atoms with Crippen LogP contribution in [0, 0.1) is 6.92 Å². The highest BCUT2D eigenvalue weighted by molar-refractivity contribution is 5.89. The van der Waals surface area contributed by atoms with Gasteiger partial charge in [0.05, 0.1) is 18.8 Å². The van der Waals surface area contributed by atoms with Crippen molar-refractivity contribution in [1.82, 2.24) is 14.5 Å². The summed E-state index contributed by atoms with van der Waals surface area (Å²) in [5.74, 6) is 0.298. The minimum absolute atomic E-state index is 0.285. The largest absolute Gasteiger partial charge is 0.461 e. The minimum Gasteiger partial charge on any atom is -0.461 e. The molecule has 0 saturated carbocycles. The molecule has 1 aromatic rings. The highest BCUT2D eigenvalue weighted by Gasteiger charge is 2.31. The van der Waals surface area contributed by atoms with Crippen molar-refractivity contribution in [3.8, 4) is 0 Å². The summed E-state index contributed by atoms with van der Waals surface area (Å²) in [6.07, 6.45) is -0.382. The highest BCUT2D eigenvalue weighted by atomic mass is 16.6. The first-order chi connectivity index (χ1) is 10.2. The lowest BCUT2D eigenvalue weighted by Gasteiger charge is -2.31. The molecule has 0 bridgehead atoms. The van der Waals surface area contributed by atoms with E-state index in [9.17, 15) is 9.59 Å². The molecular formula is C15H23N3O4. The number of aromatic nitrogens is 2. The summed E-state index contributed by atoms with van der Waals surface area (Å²) in [6.45, 7) is 10.8. The third-order valence-electron chi connectivity index (χ3n) is 3.32. The van der Waals surface area contributed by atoms with E-state index < -0.39 is 11.6 Å². The SMILES string of the molecule is CCOC(=O)c1nc(C)n2c1CN(C(=O)OC(C)(C)C)CC2. The minimum atomic E-state index is -0.547. The molecule has 2 rings (SSSR count). The van der Waals surface area contributed by atoms with Crippen molar-refractivity contribution in [2.24, 2.45) is 0 Å². The summed E-state index contributed by atoms with van der Waals surface area (Å²) in [4.78, 5) is 30.1. The average molecular weight is 309 g/mol. The Hall–Kier alpha value is -2.05. The molecule has 1 aliphatic rings. The van der Waals surface area contributed by atoms with Crippen LogP contribution in [-0.2, 0) is 22.6 Å². The Bertz CT molecular complexity index is 586. The first kappa shape index (κ1) is 16.3. The Morgan fingerprint density at radius 3 is 2.55 bits per heavy atom. The van der Waals surface area contributed by atoms with E-state index in [-0.39, 0.29) is 11.8 Å². The van der Waals surface area contributed by atoms with E-state index in [1.54, 1.807) is 11.8 Å². The van der Waals surface area contributed by atoms with Gasteiger partial charge in [-0.3, -0.25) is 0 Å². The van der Waals surface area contributed by atoms with E-state index in [0.717, 1.165) is 5.82 Å². The van der Waals surface area contributed by atoms with Crippen LogP contribution in [0.4, 0.5) is 4.79 Å². The Labute approximate surface area is 130 Å². The Morgan fingerprint density at radius 1 is 1.27 bits per heavy atom. The fraction of sp³-hybridized carbons (Fsp3) is 0.667. The second-order valence-corrected chi connectivity index (χ2v) is 6.23. The molecule has 0 fully saturated rings. The van der Waals surface area contributed by atoms with Crippen LogP contribution in [0.15, 0.2) is 0 Å². The molecule has 2 heterocycles. The molecule has 0 spiro atoms. The van der Waals surface area contributed by atoms with Crippen LogP contribution >= 0.6 is 0 Å². The number of nitrogens with zero attached hydrogens (tertiary/aromatic N) is 3. The molecule has 22 heavy (non-hydrogen) atoms. The van der Waals surface area contributed by atoms with Crippen LogP contribution < -0.4 is 0 Å². The van der Waals surface area contributed by atoms with E-state index in [4.69, 9.17) is 9.47 Å². The fourth-order valence-electron chi connectivity index (χ4n) is 2.39. The molecule has 0 aromatic carbocycles. The molecule has 0 saturated heterocycles. The Balaban J connectivity index is 2.22. The van der Waals surface area contributed by atoms with Crippen LogP contribution in [0.2, 0.25) is 0 Å². The highest BCUT2D eigenvalue weighted by Crippen LogP contribution is 2.21. The number of carbonyl (C=O) groups is 2. The van der Waals surface area contributed by atoms with E-state index >= 15 is 0 Å². The molecule has 1 aliphatic heterocycles. The van der Waals surface area contributed by atoms with Crippen molar-refractivity contribution in [3.05, 3.63) is 17.2 Å². The second kappa shape index (κ2) is 5.98. The maximum absolute atomic E-state index is 12.2. The smallest absolute Gasteiger partial charge is 0.410 e. The third-order valence-corrected chi connectivity index (χ3v) is 3.32. The number of fused-ring (bicyclic) bond motifs is 1. The van der Waals surface area contributed by atoms with Gasteiger partial charge in [-0.2, -0.15) is 0 Å². The maximum Gasteiger partial charge on any atom is 0.410 e. The van der Waals surface area contributed by atoms with E-state index in [0.29, 0.717) is 31.9 Å². The van der Waals surface area contributed by atoms with Crippen molar-refractivity contribution < 1.29 is 19.1 Å². The Morgan fingerprint density at radius 2 is 1.95 bits per heavy atom. The number of carbonyl (C=O) groups excluding carboxylic acids is 2. The zero-order valence-corrected chi connectivity index (χ0v) is 13.8. The number of amides is 1. The number of esters is 1. The van der Waals surface area contributed by atoms with Gasteiger partial charge in [0.15, 0.2) is 5.69 Å². The lowest BCUT2D eigenvalue weighted by molar-refractivity contribution is 0.0194. The number of rotatable bonds is 2. The number of hydrogen-bond acceptors (Lipinski definition) is 5. The monoisotopic (exact) mass is 309 g/mol. The van der Waals surface area contributed by atoms with Gasteiger partial charge in [-0.05, 0) is 34.6 Å². The molecule has 7 heteroatoms. The molecule has 0 unspecified atom stereocenters. The molecule has 0 aliphatic carbocycles. The first-order valence-corrected chi connectivity index (χ1v) is 7.44. The van der Waals surface area contributed by atoms with Gasteiger partial charge in [-0.1, -0.05) is 0 Å². The number of imidazole rings is 1. The predicted molar refractivity (Wildman–Crippen MR) is 79.6 cm³/mol. The van der Waals surface area contributed by atoms with Crippen LogP contribution in [0.25, 0.3) is 0 Å². The zero-order chi connectivity index (χ0) is 16.5. The van der Waals surface area contributed by atoms with Crippen molar-refractivity contribution in [3.63, 3.8) is 0 Å². The molecule has 7 nitrogen and oxygen atoms in total. The predicted octanol–water partition coefficient (Wildman–Crippen LogP) is 2.12. The van der Waals surface area contributed by atoms with Crippen LogP contribution in [-0.4, -0.2) is 45.3 Å². The molecule has 0 N–H and O–H groups in total. The quantitative estimate of drug-likeness (QED) is 0.782. The van der Waals surface area contributed by atoms with Crippen molar-refractivity contribution in [1.29, 1.82) is 0 Å². The van der Waals surface area contributed by atoms with Gasteiger partial charge in [0.25, 0.3) is 0 Å². The topological polar surface area (TPSA) is 73.7 Å². The molecule has 0 radical (unpaired) electrons. The van der Waals surface area contributed by atoms with Crippen molar-refractivity contribution >= 4 is 12.1 Å². The van der Waals surface area contributed by atoms with E-state index in [2.05, 4.69) is 4.98 Å². The van der Waals surface area contributed by atoms with Gasteiger partial charge >= 0.3 is 12.1 Å². The molecule has 122 valence electrons. The van der Waals surface area contributed by atoms with Gasteiger partial charge in [-0.15, -0.1) is 0 Å². The number of hydrogen-bond donors (Lipinski definition) is 0. The molecule has 1 aromatic heterocycles. The average Bonchev–Trinajstić information content (AvgIpc) is 2.74. The maximum atomic E-state index is 12.2. The van der Waals surface area contributed by atoms with Gasteiger partial charge in [-0.25, -0.2) is 14.6 Å². The Kier molecular flexibility index (Phi) is 4.44. The number of aryl methyl sites for hydroxylation is 1. The molecular weight excluding hydrogens is 286 g/mol. The van der Waals surface area contributed by atoms with Crippen molar-refractivity contribution in [2.75, 3.05) is 13.2 Å². The van der Waals surface area contributed by atoms with Gasteiger partial charge < -0.3 is 18.9 Å². The molecule has 0 atom stereocenters. The summed E-state index contributed by atoms with van der Waals surface area (Å²) in [6, 6.07) is 0. The second-order valence-electron chi connectivity index (χ2n) is 6.23. The normalized spacial score (nSPS) is 14.5. The van der Waals surface area contributed by atoms with Gasteiger partial charge in [0.1, 0.15) is 11.4 Å². The standard InChI is InChI=1S/C15H23N3O4/c1-6-21-13(19)12-11-9-17(14(20)22-15(3,4)5)7-8-18(11)10(2)16-12/h6-9H2,1-5H3. The van der Waals surface area contributed by atoms with Crippen LogP contribution in [0.5, 0.6) is 0 Å². The lowest BCUT2D eigenvalue weighted by atomic mass is 10.2. The van der Waals surface area contributed by atoms with Crippen molar-refractivity contribution in [2.45, 2.75) is 53.3 Å². The zero-order valence-electron chi connectivity index (χ0n) is 13.8. The first-order valence-electron chi connectivity index (χ1n) is 7.44. The van der Waals surface area contributed by atoms with Crippen LogP contribution in [0.3, 0.4) is 0 Å². The third kappa shape index (κ3) is 3.40. The van der Waals surface area contributed by atoms with Gasteiger partial charge in [0, 0.05) is 13.1 Å². The van der Waals surface area contributed by atoms with Crippen LogP contribution in [0.1, 0.15) is 49.7 Å². The van der Waals surface area contributed by atoms with E-state index in [1.165, 1.54) is 0 Å². The summed E-state index contributed by atoms with van der Waals surface area (Å²) >= 11 is 0. The fourth-order valence-corrected chi connectivity index (χ4v) is 2.39.